The lowest BCUT2D eigenvalue weighted by molar-refractivity contribution is 0.373. The third-order valence-electron chi connectivity index (χ3n) is 1.76. The molecule has 1 fully saturated rings. The van der Waals surface area contributed by atoms with Gasteiger partial charge in [0.15, 0.2) is 5.76 Å². The summed E-state index contributed by atoms with van der Waals surface area (Å²) in [5.41, 5.74) is 0.905. The average Bonchev–Trinajstić information content (AvgIpc) is 2.45. The van der Waals surface area contributed by atoms with Crippen LogP contribution in [0, 0.1) is 6.92 Å². The van der Waals surface area contributed by atoms with Crippen LogP contribution in [-0.4, -0.2) is 5.16 Å². The molecule has 3 heteroatoms. The van der Waals surface area contributed by atoms with Crippen LogP contribution >= 0.6 is 11.6 Å². The Balaban J connectivity index is 2.34. The summed E-state index contributed by atoms with van der Waals surface area (Å²) in [6.07, 6.45) is 2.03. The van der Waals surface area contributed by atoms with Crippen LogP contribution in [0.4, 0.5) is 0 Å². The van der Waals surface area contributed by atoms with E-state index in [4.69, 9.17) is 16.1 Å². The van der Waals surface area contributed by atoms with Crippen molar-refractivity contribution in [3.05, 3.63) is 17.5 Å². The molecule has 2 nitrogen and oxygen atoms in total. The minimum Gasteiger partial charge on any atom is -0.359 e. The van der Waals surface area contributed by atoms with Crippen molar-refractivity contribution in [1.29, 1.82) is 0 Å². The molecule has 0 spiro atoms. The zero-order chi connectivity index (χ0) is 7.19. The van der Waals surface area contributed by atoms with E-state index < -0.39 is 0 Å². The lowest BCUT2D eigenvalue weighted by Gasteiger charge is -1.95. The molecule has 0 atom stereocenters. The van der Waals surface area contributed by atoms with E-state index in [-0.39, 0.29) is 4.87 Å². The van der Waals surface area contributed by atoms with E-state index in [0.29, 0.717) is 0 Å². The van der Waals surface area contributed by atoms with Gasteiger partial charge in [-0.25, -0.2) is 0 Å². The van der Waals surface area contributed by atoms with Gasteiger partial charge >= 0.3 is 0 Å². The molecule has 0 amide bonds. The number of rotatable bonds is 1. The van der Waals surface area contributed by atoms with Crippen molar-refractivity contribution in [2.45, 2.75) is 24.6 Å². The molecule has 2 rings (SSSR count). The molecule has 0 saturated heterocycles. The van der Waals surface area contributed by atoms with Crippen LogP contribution in [0.25, 0.3) is 0 Å². The van der Waals surface area contributed by atoms with Gasteiger partial charge in [0.25, 0.3) is 0 Å². The number of alkyl halides is 1. The minimum atomic E-state index is -0.193. The normalized spacial score (nSPS) is 21.0. The van der Waals surface area contributed by atoms with Gasteiger partial charge in [0.2, 0.25) is 0 Å². The minimum absolute atomic E-state index is 0.193. The number of nitrogens with zero attached hydrogens (tertiary/aromatic N) is 1. The van der Waals surface area contributed by atoms with E-state index in [2.05, 4.69) is 5.16 Å². The second kappa shape index (κ2) is 1.76. The molecule has 1 aliphatic carbocycles. The Morgan fingerprint density at radius 3 is 2.80 bits per heavy atom. The van der Waals surface area contributed by atoms with Crippen molar-refractivity contribution >= 4 is 11.6 Å². The van der Waals surface area contributed by atoms with Crippen molar-refractivity contribution < 1.29 is 4.52 Å². The first kappa shape index (κ1) is 6.23. The van der Waals surface area contributed by atoms with Gasteiger partial charge in [0, 0.05) is 6.07 Å². The summed E-state index contributed by atoms with van der Waals surface area (Å²) in [5, 5.41) is 3.76. The first-order valence-corrected chi connectivity index (χ1v) is 3.71. The van der Waals surface area contributed by atoms with Gasteiger partial charge in [-0.15, -0.1) is 11.6 Å². The maximum atomic E-state index is 6.05. The molecule has 1 saturated carbocycles. The molecule has 0 bridgehead atoms. The molecular weight excluding hydrogens is 150 g/mol. The fourth-order valence-corrected chi connectivity index (χ4v) is 1.11. The predicted octanol–water partition coefficient (Wildman–Crippen LogP) is 2.21. The second-order valence-corrected chi connectivity index (χ2v) is 3.52. The zero-order valence-electron chi connectivity index (χ0n) is 5.72. The third kappa shape index (κ3) is 0.833. The van der Waals surface area contributed by atoms with Crippen LogP contribution in [0.2, 0.25) is 0 Å². The molecule has 54 valence electrons. The standard InChI is InChI=1S/C7H8ClNO/c1-5-4-6(10-9-5)7(8)2-3-7/h4H,2-3H2,1H3. The van der Waals surface area contributed by atoms with Crippen LogP contribution in [-0.2, 0) is 4.87 Å². The summed E-state index contributed by atoms with van der Waals surface area (Å²) < 4.78 is 5.01. The molecule has 0 radical (unpaired) electrons. The van der Waals surface area contributed by atoms with Gasteiger partial charge in [-0.1, -0.05) is 5.16 Å². The van der Waals surface area contributed by atoms with E-state index in [0.717, 1.165) is 24.3 Å². The fourth-order valence-electron chi connectivity index (χ4n) is 0.931. The van der Waals surface area contributed by atoms with Gasteiger partial charge in [0.05, 0.1) is 5.69 Å². The second-order valence-electron chi connectivity index (χ2n) is 2.80. The smallest absolute Gasteiger partial charge is 0.157 e. The summed E-state index contributed by atoms with van der Waals surface area (Å²) in [7, 11) is 0. The maximum Gasteiger partial charge on any atom is 0.157 e. The monoisotopic (exact) mass is 157 g/mol. The van der Waals surface area contributed by atoms with Crippen molar-refractivity contribution in [1.82, 2.24) is 5.16 Å². The number of hydrogen-bond acceptors (Lipinski definition) is 2. The van der Waals surface area contributed by atoms with Gasteiger partial charge in [-0.05, 0) is 19.8 Å². The first-order valence-electron chi connectivity index (χ1n) is 3.33. The van der Waals surface area contributed by atoms with E-state index in [9.17, 15) is 0 Å². The van der Waals surface area contributed by atoms with Crippen LogP contribution in [0.5, 0.6) is 0 Å². The predicted molar refractivity (Wildman–Crippen MR) is 38.0 cm³/mol. The molecule has 0 N–H and O–H groups in total. The van der Waals surface area contributed by atoms with Gasteiger partial charge in [-0.3, -0.25) is 0 Å². The number of aromatic nitrogens is 1. The zero-order valence-corrected chi connectivity index (χ0v) is 6.48. The Bertz CT molecular complexity index is 252. The van der Waals surface area contributed by atoms with E-state index in [1.165, 1.54) is 0 Å². The molecule has 1 heterocycles. The number of hydrogen-bond donors (Lipinski definition) is 0. The Labute approximate surface area is 64.2 Å². The molecule has 0 aromatic carbocycles. The van der Waals surface area contributed by atoms with Gasteiger partial charge < -0.3 is 4.52 Å². The SMILES string of the molecule is Cc1cc(C2(Cl)CC2)on1. The van der Waals surface area contributed by atoms with Gasteiger partial charge in [0.1, 0.15) is 4.87 Å². The van der Waals surface area contributed by atoms with Gasteiger partial charge in [-0.2, -0.15) is 0 Å². The fraction of sp³-hybridized carbons (Fsp3) is 0.571. The van der Waals surface area contributed by atoms with E-state index >= 15 is 0 Å². The van der Waals surface area contributed by atoms with Crippen molar-refractivity contribution in [2.24, 2.45) is 0 Å². The Kier molecular flexibility index (Phi) is 1.09. The molecule has 1 aliphatic rings. The topological polar surface area (TPSA) is 26.0 Å². The molecule has 10 heavy (non-hydrogen) atoms. The quantitative estimate of drug-likeness (QED) is 0.585. The van der Waals surface area contributed by atoms with Crippen molar-refractivity contribution in [3.63, 3.8) is 0 Å². The van der Waals surface area contributed by atoms with Crippen LogP contribution in [0.15, 0.2) is 10.6 Å². The van der Waals surface area contributed by atoms with Crippen LogP contribution in [0.3, 0.4) is 0 Å². The van der Waals surface area contributed by atoms with E-state index in [1.54, 1.807) is 0 Å². The Morgan fingerprint density at radius 2 is 2.40 bits per heavy atom. The Hall–Kier alpha value is -0.500. The molecule has 0 unspecified atom stereocenters. The lowest BCUT2D eigenvalue weighted by atomic mass is 10.3. The molecule has 0 aliphatic heterocycles. The summed E-state index contributed by atoms with van der Waals surface area (Å²) in [6, 6.07) is 1.90. The number of halogens is 1. The highest BCUT2D eigenvalue weighted by Crippen LogP contribution is 2.51. The molecule has 1 aromatic rings. The van der Waals surface area contributed by atoms with Crippen LogP contribution in [0.1, 0.15) is 24.3 Å². The highest BCUT2D eigenvalue weighted by atomic mass is 35.5. The average molecular weight is 158 g/mol. The number of aryl methyl sites for hydroxylation is 1. The van der Waals surface area contributed by atoms with Crippen molar-refractivity contribution in [3.8, 4) is 0 Å². The summed E-state index contributed by atoms with van der Waals surface area (Å²) in [5.74, 6) is 0.826. The Morgan fingerprint density at radius 1 is 1.70 bits per heavy atom. The highest BCUT2D eigenvalue weighted by molar-refractivity contribution is 6.25. The summed E-state index contributed by atoms with van der Waals surface area (Å²) in [4.78, 5) is -0.193. The summed E-state index contributed by atoms with van der Waals surface area (Å²) >= 11 is 6.05. The van der Waals surface area contributed by atoms with E-state index in [1.807, 2.05) is 13.0 Å². The largest absolute Gasteiger partial charge is 0.359 e. The molecular formula is C7H8ClNO. The maximum absolute atomic E-state index is 6.05. The third-order valence-corrected chi connectivity index (χ3v) is 2.32. The van der Waals surface area contributed by atoms with Crippen molar-refractivity contribution in [2.75, 3.05) is 0 Å². The molecule has 1 aromatic heterocycles. The highest BCUT2D eigenvalue weighted by Gasteiger charge is 2.45. The summed E-state index contributed by atoms with van der Waals surface area (Å²) in [6.45, 7) is 1.90. The lowest BCUT2D eigenvalue weighted by Crippen LogP contribution is -1.91. The van der Waals surface area contributed by atoms with Crippen LogP contribution < -0.4 is 0 Å². The first-order chi connectivity index (χ1) is 4.71.